The Hall–Kier alpha value is -1.60. The number of carbonyl (C=O) groups is 1. The highest BCUT2D eigenvalue weighted by molar-refractivity contribution is 7.89. The molecule has 7 heteroatoms. The molecule has 0 saturated heterocycles. The van der Waals surface area contributed by atoms with Gasteiger partial charge in [0.25, 0.3) is 0 Å². The number of nitrogens with two attached hydrogens (primary N) is 1. The van der Waals surface area contributed by atoms with Gasteiger partial charge < -0.3 is 10.5 Å². The summed E-state index contributed by atoms with van der Waals surface area (Å²) in [5.41, 5.74) is 5.58. The van der Waals surface area contributed by atoms with Gasteiger partial charge in [-0.1, -0.05) is 20.8 Å². The van der Waals surface area contributed by atoms with Crippen LogP contribution < -0.4 is 10.5 Å². The van der Waals surface area contributed by atoms with Gasteiger partial charge in [0.15, 0.2) is 0 Å². The van der Waals surface area contributed by atoms with Crippen molar-refractivity contribution in [1.29, 1.82) is 0 Å². The number of esters is 1. The van der Waals surface area contributed by atoms with Gasteiger partial charge in [0.05, 0.1) is 17.6 Å². The zero-order chi connectivity index (χ0) is 15.6. The van der Waals surface area contributed by atoms with Gasteiger partial charge in [0.1, 0.15) is 0 Å². The van der Waals surface area contributed by atoms with Gasteiger partial charge in [-0.25, -0.2) is 17.9 Å². The molecule has 3 N–H and O–H groups in total. The molecular formula is C13H20N2O4S. The van der Waals surface area contributed by atoms with Gasteiger partial charge in [-0.05, 0) is 23.6 Å². The maximum atomic E-state index is 12.3. The summed E-state index contributed by atoms with van der Waals surface area (Å²) in [4.78, 5) is 11.5. The SMILES string of the molecule is COC(=O)c1cc(N)ccc1S(=O)(=O)NCC(C)(C)C. The molecule has 0 aromatic heterocycles. The van der Waals surface area contributed by atoms with E-state index in [1.807, 2.05) is 20.8 Å². The molecule has 1 aromatic carbocycles. The minimum atomic E-state index is -3.80. The Balaban J connectivity index is 3.21. The Kier molecular flexibility index (Phi) is 4.77. The summed E-state index contributed by atoms with van der Waals surface area (Å²) in [5, 5.41) is 0. The van der Waals surface area contributed by atoms with Gasteiger partial charge in [-0.15, -0.1) is 0 Å². The first-order valence-electron chi connectivity index (χ1n) is 6.04. The molecular weight excluding hydrogens is 280 g/mol. The van der Waals surface area contributed by atoms with Crippen LogP contribution in [0.5, 0.6) is 0 Å². The molecule has 0 spiro atoms. The number of ether oxygens (including phenoxy) is 1. The maximum Gasteiger partial charge on any atom is 0.339 e. The van der Waals surface area contributed by atoms with E-state index in [0.717, 1.165) is 0 Å². The number of nitrogens with one attached hydrogen (secondary N) is 1. The predicted molar refractivity (Wildman–Crippen MR) is 76.8 cm³/mol. The standard InChI is InChI=1S/C13H20N2O4S/c1-13(2,3)8-15-20(17,18)11-6-5-9(14)7-10(11)12(16)19-4/h5-7,15H,8,14H2,1-4H3. The van der Waals surface area contributed by atoms with Crippen molar-refractivity contribution in [3.8, 4) is 0 Å². The minimum absolute atomic E-state index is 0.0751. The molecule has 0 radical (unpaired) electrons. The van der Waals surface area contributed by atoms with Crippen molar-refractivity contribution in [2.75, 3.05) is 19.4 Å². The van der Waals surface area contributed by atoms with Crippen LogP contribution in [0.2, 0.25) is 0 Å². The van der Waals surface area contributed by atoms with Crippen LogP contribution in [0.25, 0.3) is 0 Å². The zero-order valence-electron chi connectivity index (χ0n) is 12.1. The zero-order valence-corrected chi connectivity index (χ0v) is 12.9. The second-order valence-electron chi connectivity index (χ2n) is 5.63. The highest BCUT2D eigenvalue weighted by Crippen LogP contribution is 2.21. The van der Waals surface area contributed by atoms with E-state index < -0.39 is 16.0 Å². The summed E-state index contributed by atoms with van der Waals surface area (Å²) in [6.07, 6.45) is 0. The van der Waals surface area contributed by atoms with Crippen molar-refractivity contribution in [3.05, 3.63) is 23.8 Å². The second kappa shape index (κ2) is 5.80. The molecule has 112 valence electrons. The summed E-state index contributed by atoms with van der Waals surface area (Å²) in [6, 6.07) is 4.02. The molecule has 6 nitrogen and oxygen atoms in total. The summed E-state index contributed by atoms with van der Waals surface area (Å²) < 4.78 is 31.6. The molecule has 0 fully saturated rings. The third-order valence-electron chi connectivity index (χ3n) is 2.49. The number of methoxy groups -OCH3 is 1. The number of hydrogen-bond donors (Lipinski definition) is 2. The number of nitrogen functional groups attached to an aromatic ring is 1. The van der Waals surface area contributed by atoms with E-state index in [-0.39, 0.29) is 22.4 Å². The molecule has 0 heterocycles. The lowest BCUT2D eigenvalue weighted by Gasteiger charge is -2.19. The Morgan fingerprint density at radius 3 is 2.45 bits per heavy atom. The maximum absolute atomic E-state index is 12.3. The van der Waals surface area contributed by atoms with Gasteiger partial charge in [-0.2, -0.15) is 0 Å². The molecule has 0 amide bonds. The van der Waals surface area contributed by atoms with E-state index in [1.54, 1.807) is 0 Å². The second-order valence-corrected chi connectivity index (χ2v) is 7.37. The Morgan fingerprint density at radius 2 is 1.95 bits per heavy atom. The van der Waals surface area contributed by atoms with E-state index in [9.17, 15) is 13.2 Å². The van der Waals surface area contributed by atoms with Crippen molar-refractivity contribution in [2.45, 2.75) is 25.7 Å². The fraction of sp³-hybridized carbons (Fsp3) is 0.462. The number of rotatable bonds is 4. The van der Waals surface area contributed by atoms with Crippen LogP contribution in [0, 0.1) is 5.41 Å². The molecule has 0 aliphatic rings. The van der Waals surface area contributed by atoms with Crippen LogP contribution in [0.1, 0.15) is 31.1 Å². The Labute approximate surface area is 119 Å². The van der Waals surface area contributed by atoms with Crippen molar-refractivity contribution < 1.29 is 17.9 Å². The normalized spacial score (nSPS) is 12.2. The van der Waals surface area contributed by atoms with Crippen molar-refractivity contribution in [1.82, 2.24) is 4.72 Å². The molecule has 0 bridgehead atoms. The van der Waals surface area contributed by atoms with Gasteiger partial charge >= 0.3 is 5.97 Å². The van der Waals surface area contributed by atoms with Crippen LogP contribution in [-0.4, -0.2) is 28.0 Å². The lowest BCUT2D eigenvalue weighted by molar-refractivity contribution is 0.0596. The van der Waals surface area contributed by atoms with Gasteiger partial charge in [-0.3, -0.25) is 0 Å². The third-order valence-corrected chi connectivity index (χ3v) is 3.95. The lowest BCUT2D eigenvalue weighted by Crippen LogP contribution is -2.33. The first-order valence-corrected chi connectivity index (χ1v) is 7.53. The first kappa shape index (κ1) is 16.5. The summed E-state index contributed by atoms with van der Waals surface area (Å²) in [6.45, 7) is 5.96. The van der Waals surface area contributed by atoms with Crippen molar-refractivity contribution in [2.24, 2.45) is 5.41 Å². The molecule has 20 heavy (non-hydrogen) atoms. The first-order chi connectivity index (χ1) is 9.07. The monoisotopic (exact) mass is 300 g/mol. The molecule has 0 saturated carbocycles. The minimum Gasteiger partial charge on any atom is -0.465 e. The van der Waals surface area contributed by atoms with Crippen molar-refractivity contribution >= 4 is 21.7 Å². The fourth-order valence-corrected chi connectivity index (χ4v) is 2.90. The van der Waals surface area contributed by atoms with Gasteiger partial charge in [0.2, 0.25) is 10.0 Å². The number of anilines is 1. The number of sulfonamides is 1. The summed E-state index contributed by atoms with van der Waals surface area (Å²) in [5.74, 6) is -0.742. The molecule has 0 aliphatic heterocycles. The van der Waals surface area contributed by atoms with E-state index in [4.69, 9.17) is 5.73 Å². The summed E-state index contributed by atoms with van der Waals surface area (Å²) in [7, 11) is -2.62. The molecule has 0 aliphatic carbocycles. The van der Waals surface area contributed by atoms with Crippen LogP contribution in [-0.2, 0) is 14.8 Å². The van der Waals surface area contributed by atoms with E-state index in [2.05, 4.69) is 9.46 Å². The van der Waals surface area contributed by atoms with Gasteiger partial charge in [0, 0.05) is 12.2 Å². The van der Waals surface area contributed by atoms with E-state index >= 15 is 0 Å². The number of benzene rings is 1. The van der Waals surface area contributed by atoms with Crippen LogP contribution >= 0.6 is 0 Å². The quantitative estimate of drug-likeness (QED) is 0.646. The van der Waals surface area contributed by atoms with E-state index in [1.165, 1.54) is 25.3 Å². The number of hydrogen-bond acceptors (Lipinski definition) is 5. The topological polar surface area (TPSA) is 98.5 Å². The Bertz CT molecular complexity index is 603. The highest BCUT2D eigenvalue weighted by atomic mass is 32.2. The lowest BCUT2D eigenvalue weighted by atomic mass is 9.98. The predicted octanol–water partition coefficient (Wildman–Crippen LogP) is 1.38. The molecule has 1 aromatic rings. The molecule has 0 atom stereocenters. The molecule has 1 rings (SSSR count). The van der Waals surface area contributed by atoms with Crippen LogP contribution in [0.3, 0.4) is 0 Å². The molecule has 0 unspecified atom stereocenters. The van der Waals surface area contributed by atoms with Crippen LogP contribution in [0.15, 0.2) is 23.1 Å². The fourth-order valence-electron chi connectivity index (χ4n) is 1.44. The largest absolute Gasteiger partial charge is 0.465 e. The number of carbonyl (C=O) groups excluding carboxylic acids is 1. The highest BCUT2D eigenvalue weighted by Gasteiger charge is 2.24. The smallest absolute Gasteiger partial charge is 0.339 e. The third kappa shape index (κ3) is 4.21. The average Bonchev–Trinajstić information content (AvgIpc) is 2.34. The van der Waals surface area contributed by atoms with Crippen LogP contribution in [0.4, 0.5) is 5.69 Å². The summed E-state index contributed by atoms with van der Waals surface area (Å²) >= 11 is 0. The average molecular weight is 300 g/mol. The van der Waals surface area contributed by atoms with E-state index in [0.29, 0.717) is 5.69 Å². The van der Waals surface area contributed by atoms with Crippen molar-refractivity contribution in [3.63, 3.8) is 0 Å². The Morgan fingerprint density at radius 1 is 1.35 bits per heavy atom.